The lowest BCUT2D eigenvalue weighted by Crippen LogP contribution is -2.51. The zero-order valence-electron chi connectivity index (χ0n) is 23.4. The molecule has 0 aromatic heterocycles. The molecule has 0 aromatic rings. The van der Waals surface area contributed by atoms with Crippen molar-refractivity contribution < 1.29 is 15.0 Å². The van der Waals surface area contributed by atoms with Crippen molar-refractivity contribution in [3.8, 4) is 0 Å². The molecule has 1 unspecified atom stereocenters. The van der Waals surface area contributed by atoms with Gasteiger partial charge in [0.2, 0.25) is 0 Å². The second-order valence-corrected chi connectivity index (χ2v) is 12.8. The number of carboxylic acid groups (broad SMARTS) is 2. The molecule has 0 heterocycles. The van der Waals surface area contributed by atoms with E-state index in [1.165, 1.54) is 116 Å². The molecule has 0 fully saturated rings. The first-order valence-corrected chi connectivity index (χ1v) is 16.1. The fourth-order valence-corrected chi connectivity index (χ4v) is 9.55. The predicted molar refractivity (Wildman–Crippen MR) is 155 cm³/mol. The maximum Gasteiger partial charge on any atom is 0.503 e. The number of nitrogens with one attached hydrogen (secondary N) is 1. The minimum atomic E-state index is -1.83. The van der Waals surface area contributed by atoms with E-state index in [4.69, 9.17) is 15.0 Å². The molecule has 0 radical (unpaired) electrons. The summed E-state index contributed by atoms with van der Waals surface area (Å²) in [5, 5.41) is 13.9. The van der Waals surface area contributed by atoms with Crippen molar-refractivity contribution >= 4 is 23.4 Å². The van der Waals surface area contributed by atoms with Crippen LogP contribution in [0.5, 0.6) is 0 Å². The van der Waals surface area contributed by atoms with Crippen LogP contribution in [0.25, 0.3) is 0 Å². The Hall–Kier alpha value is -0.0300. The molecule has 0 aliphatic rings. The van der Waals surface area contributed by atoms with Crippen molar-refractivity contribution in [3.05, 3.63) is 0 Å². The van der Waals surface area contributed by atoms with Crippen molar-refractivity contribution in [3.63, 3.8) is 0 Å². The van der Waals surface area contributed by atoms with Gasteiger partial charge in [-0.25, -0.2) is 4.79 Å². The van der Waals surface area contributed by atoms with E-state index in [-0.39, 0.29) is 0 Å². The molecule has 1 atom stereocenters. The maximum atomic E-state index is 8.56. The number of hydrogen-bond acceptors (Lipinski definition) is 5. The molecule has 34 heavy (non-hydrogen) atoms. The molecule has 206 valence electrons. The summed E-state index contributed by atoms with van der Waals surface area (Å²) >= 11 is 0. The Morgan fingerprint density at radius 2 is 0.765 bits per heavy atom. The predicted octanol–water partition coefficient (Wildman–Crippen LogP) is 7.97. The first kappa shape index (κ1) is 36.1. The number of unbranched alkanes of at least 4 members (excludes halogenated alkanes) is 6. The van der Waals surface area contributed by atoms with E-state index >= 15 is 0 Å². The standard InChI is InChI=1S/C24H57N4P2.CH2O3/c1-7-13-19-26(20-14-8-2)30(25-29,27(21-15-9-3)22-16-10-4)28(23-17-11-5)24-18-12-6;2-1(3)4/h25H,7-24,29H2,1-6H3;(H2,2,3,4)/q+1;. The molecule has 0 amide bonds. The van der Waals surface area contributed by atoms with Crippen molar-refractivity contribution in [2.24, 2.45) is 0 Å². The zero-order chi connectivity index (χ0) is 26.2. The summed E-state index contributed by atoms with van der Waals surface area (Å²) in [5.74, 6) is 0. The first-order valence-electron chi connectivity index (χ1n) is 13.9. The molecule has 0 bridgehead atoms. The van der Waals surface area contributed by atoms with Gasteiger partial charge in [-0.3, -0.25) is 0 Å². The lowest BCUT2D eigenvalue weighted by molar-refractivity contribution is 0.137. The van der Waals surface area contributed by atoms with E-state index in [0.717, 1.165) is 0 Å². The maximum absolute atomic E-state index is 8.56. The van der Waals surface area contributed by atoms with Crippen LogP contribution >= 0.6 is 17.3 Å². The van der Waals surface area contributed by atoms with Crippen molar-refractivity contribution in [2.75, 3.05) is 39.3 Å². The highest BCUT2D eigenvalue weighted by atomic mass is 31.2. The summed E-state index contributed by atoms with van der Waals surface area (Å²) in [6, 6.07) is 0. The minimum absolute atomic E-state index is 1.22. The van der Waals surface area contributed by atoms with Gasteiger partial charge in [-0.15, -0.1) is 18.9 Å². The van der Waals surface area contributed by atoms with Gasteiger partial charge in [-0.1, -0.05) is 80.1 Å². The average molecular weight is 526 g/mol. The zero-order valence-corrected chi connectivity index (χ0v) is 25.4. The molecule has 7 nitrogen and oxygen atoms in total. The Bertz CT molecular complexity index is 384. The number of hydrogen-bond donors (Lipinski definition) is 3. The quantitative estimate of drug-likeness (QED) is 0.124. The van der Waals surface area contributed by atoms with E-state index in [0.29, 0.717) is 0 Å². The van der Waals surface area contributed by atoms with E-state index in [2.05, 4.69) is 69.8 Å². The van der Waals surface area contributed by atoms with Crippen LogP contribution in [0.4, 0.5) is 4.79 Å². The topological polar surface area (TPSA) is 79.3 Å². The summed E-state index contributed by atoms with van der Waals surface area (Å²) in [4.78, 5) is 12.5. The number of rotatable bonds is 22. The summed E-state index contributed by atoms with van der Waals surface area (Å²) in [5.41, 5.74) is 0. The Morgan fingerprint density at radius 3 is 0.882 bits per heavy atom. The van der Waals surface area contributed by atoms with E-state index in [9.17, 15) is 0 Å². The van der Waals surface area contributed by atoms with Crippen LogP contribution in [0.2, 0.25) is 0 Å². The van der Waals surface area contributed by atoms with E-state index in [1.807, 2.05) is 0 Å². The van der Waals surface area contributed by atoms with Crippen LogP contribution in [-0.4, -0.2) is 69.6 Å². The third-order valence-corrected chi connectivity index (χ3v) is 10.9. The van der Waals surface area contributed by atoms with Gasteiger partial charge in [0.05, 0.1) is 0 Å². The minimum Gasteiger partial charge on any atom is -0.450 e. The van der Waals surface area contributed by atoms with Crippen LogP contribution in [0.1, 0.15) is 119 Å². The molecule has 0 aliphatic heterocycles. The highest BCUT2D eigenvalue weighted by Gasteiger charge is 2.55. The van der Waals surface area contributed by atoms with Crippen LogP contribution < -0.4 is 4.86 Å². The lowest BCUT2D eigenvalue weighted by atomic mass is 10.3. The lowest BCUT2D eigenvalue weighted by Gasteiger charge is -2.47. The third kappa shape index (κ3) is 15.2. The van der Waals surface area contributed by atoms with Crippen molar-refractivity contribution in [1.82, 2.24) is 18.9 Å². The Balaban J connectivity index is 0. The largest absolute Gasteiger partial charge is 0.503 e. The molecule has 9 heteroatoms. The highest BCUT2D eigenvalue weighted by Crippen LogP contribution is 2.65. The van der Waals surface area contributed by atoms with E-state index < -0.39 is 14.0 Å². The van der Waals surface area contributed by atoms with Crippen LogP contribution in [0.15, 0.2) is 0 Å². The van der Waals surface area contributed by atoms with Crippen LogP contribution in [0.3, 0.4) is 0 Å². The molecular formula is C25H59N4O3P2+. The van der Waals surface area contributed by atoms with Gasteiger partial charge in [0.1, 0.15) is 0 Å². The molecule has 0 saturated carbocycles. The Morgan fingerprint density at radius 1 is 0.588 bits per heavy atom. The molecule has 0 aromatic carbocycles. The fraction of sp³-hybridized carbons (Fsp3) is 0.960. The monoisotopic (exact) mass is 525 g/mol. The van der Waals surface area contributed by atoms with Gasteiger partial charge in [-0.2, -0.15) is 0 Å². The van der Waals surface area contributed by atoms with Crippen molar-refractivity contribution in [2.45, 2.75) is 119 Å². The molecule has 0 saturated heterocycles. The molecule has 0 rings (SSSR count). The second kappa shape index (κ2) is 24.7. The summed E-state index contributed by atoms with van der Waals surface area (Å²) < 4.78 is 8.72. The van der Waals surface area contributed by atoms with Gasteiger partial charge >= 0.3 is 14.0 Å². The average Bonchev–Trinajstić information content (AvgIpc) is 2.82. The second-order valence-electron chi connectivity index (χ2n) is 8.96. The van der Waals surface area contributed by atoms with E-state index in [1.54, 1.807) is 0 Å². The van der Waals surface area contributed by atoms with Gasteiger partial charge in [0.15, 0.2) is 0 Å². The van der Waals surface area contributed by atoms with Crippen LogP contribution in [-0.2, 0) is 0 Å². The van der Waals surface area contributed by atoms with Crippen molar-refractivity contribution in [1.29, 1.82) is 0 Å². The highest BCUT2D eigenvalue weighted by molar-refractivity contribution is 7.71. The fourth-order valence-electron chi connectivity index (χ4n) is 4.00. The molecule has 3 N–H and O–H groups in total. The first-order chi connectivity index (χ1) is 16.4. The summed E-state index contributed by atoms with van der Waals surface area (Å²) in [6.45, 7) is 21.3. The van der Waals surface area contributed by atoms with Gasteiger partial charge in [0.25, 0.3) is 0 Å². The van der Waals surface area contributed by atoms with Gasteiger partial charge < -0.3 is 10.2 Å². The smallest absolute Gasteiger partial charge is 0.450 e. The normalized spacial score (nSPS) is 11.8. The van der Waals surface area contributed by atoms with Gasteiger partial charge in [-0.05, 0) is 47.9 Å². The molecule has 0 spiro atoms. The molecular weight excluding hydrogens is 466 g/mol. The van der Waals surface area contributed by atoms with Crippen LogP contribution in [0, 0.1) is 0 Å². The Kier molecular flexibility index (Phi) is 26.2. The SMILES string of the molecule is CCCCN(CCCC)[P+](NP)(N(CCCC)CCCC)N(CCCC)CCCC.O=C(O)O. The number of carbonyl (C=O) groups is 1. The Labute approximate surface area is 215 Å². The van der Waals surface area contributed by atoms with Gasteiger partial charge in [0, 0.05) is 39.3 Å². The summed E-state index contributed by atoms with van der Waals surface area (Å²) in [7, 11) is 1.22. The summed E-state index contributed by atoms with van der Waals surface area (Å²) in [6.07, 6.45) is 13.6. The third-order valence-electron chi connectivity index (χ3n) is 5.98. The number of nitrogens with zero attached hydrogens (tertiary/aromatic N) is 3. The molecule has 0 aliphatic carbocycles.